The number of benzene rings is 2. The van der Waals surface area contributed by atoms with Gasteiger partial charge in [0.25, 0.3) is 0 Å². The largest absolute Gasteiger partial charge is 0.419 e. The highest BCUT2D eigenvalue weighted by molar-refractivity contribution is 7.89. The van der Waals surface area contributed by atoms with Gasteiger partial charge in [-0.25, -0.2) is 17.9 Å². The van der Waals surface area contributed by atoms with Crippen molar-refractivity contribution in [2.45, 2.75) is 17.9 Å². The predicted molar refractivity (Wildman–Crippen MR) is 103 cm³/mol. The Bertz CT molecular complexity index is 1280. The summed E-state index contributed by atoms with van der Waals surface area (Å²) in [6.07, 6.45) is 2.66. The SMILES string of the molecule is Cn1c(=O)oc2cc(S(=O)(=O)NCCCn3ccc4ccccc43)ccc21. The molecule has 2 aromatic heterocycles. The number of hydrogen-bond acceptors (Lipinski definition) is 4. The molecule has 0 radical (unpaired) electrons. The standard InChI is InChI=1S/C19H19N3O4S/c1-21-17-8-7-15(13-18(17)26-19(21)23)27(24,25)20-10-4-11-22-12-9-14-5-2-3-6-16(14)22/h2-3,5-9,12-13,20H,4,10-11H2,1H3. The van der Waals surface area contributed by atoms with Gasteiger partial charge in [-0.05, 0) is 36.1 Å². The molecule has 140 valence electrons. The van der Waals surface area contributed by atoms with Crippen LogP contribution in [0.5, 0.6) is 0 Å². The average Bonchev–Trinajstić information content (AvgIpc) is 3.20. The molecule has 0 saturated carbocycles. The van der Waals surface area contributed by atoms with E-state index in [-0.39, 0.29) is 10.5 Å². The Morgan fingerprint density at radius 3 is 2.74 bits per heavy atom. The molecule has 4 rings (SSSR count). The lowest BCUT2D eigenvalue weighted by Gasteiger charge is -2.08. The molecule has 27 heavy (non-hydrogen) atoms. The quantitative estimate of drug-likeness (QED) is 0.517. The van der Waals surface area contributed by atoms with E-state index in [4.69, 9.17) is 4.42 Å². The van der Waals surface area contributed by atoms with Gasteiger partial charge in [-0.2, -0.15) is 0 Å². The van der Waals surface area contributed by atoms with Crippen LogP contribution in [0, 0.1) is 0 Å². The van der Waals surface area contributed by atoms with Crippen molar-refractivity contribution >= 4 is 32.0 Å². The second kappa shape index (κ2) is 6.71. The van der Waals surface area contributed by atoms with Gasteiger partial charge in [0.15, 0.2) is 5.58 Å². The van der Waals surface area contributed by atoms with Crippen LogP contribution in [0.4, 0.5) is 0 Å². The van der Waals surface area contributed by atoms with Crippen molar-refractivity contribution in [3.05, 3.63) is 65.3 Å². The van der Waals surface area contributed by atoms with Crippen molar-refractivity contribution in [2.24, 2.45) is 7.05 Å². The van der Waals surface area contributed by atoms with Crippen LogP contribution in [0.3, 0.4) is 0 Å². The van der Waals surface area contributed by atoms with Gasteiger partial charge in [0.2, 0.25) is 10.0 Å². The highest BCUT2D eigenvalue weighted by atomic mass is 32.2. The topological polar surface area (TPSA) is 86.2 Å². The summed E-state index contributed by atoms with van der Waals surface area (Å²) in [4.78, 5) is 11.6. The third-order valence-corrected chi connectivity index (χ3v) is 6.08. The molecular formula is C19H19N3O4S. The number of aryl methyl sites for hydroxylation is 2. The lowest BCUT2D eigenvalue weighted by Crippen LogP contribution is -2.25. The monoisotopic (exact) mass is 385 g/mol. The summed E-state index contributed by atoms with van der Waals surface area (Å²) in [5.41, 5.74) is 1.94. The highest BCUT2D eigenvalue weighted by Gasteiger charge is 2.16. The molecule has 4 aromatic rings. The molecule has 7 nitrogen and oxygen atoms in total. The maximum atomic E-state index is 12.5. The van der Waals surface area contributed by atoms with Crippen molar-refractivity contribution in [1.82, 2.24) is 13.9 Å². The minimum absolute atomic E-state index is 0.0794. The van der Waals surface area contributed by atoms with Crippen molar-refractivity contribution in [3.8, 4) is 0 Å². The number of hydrogen-bond donors (Lipinski definition) is 1. The number of fused-ring (bicyclic) bond motifs is 2. The van der Waals surface area contributed by atoms with Gasteiger partial charge in [0.05, 0.1) is 10.4 Å². The minimum Gasteiger partial charge on any atom is -0.408 e. The van der Waals surface area contributed by atoms with Crippen LogP contribution in [0.15, 0.2) is 68.8 Å². The van der Waals surface area contributed by atoms with Gasteiger partial charge in [-0.15, -0.1) is 0 Å². The molecule has 0 aliphatic rings. The zero-order valence-corrected chi connectivity index (χ0v) is 15.6. The first kappa shape index (κ1) is 17.6. The number of oxazole rings is 1. The zero-order valence-electron chi connectivity index (χ0n) is 14.8. The van der Waals surface area contributed by atoms with E-state index >= 15 is 0 Å². The molecule has 0 saturated heterocycles. The van der Waals surface area contributed by atoms with E-state index in [1.807, 2.05) is 36.5 Å². The second-order valence-electron chi connectivity index (χ2n) is 6.38. The lowest BCUT2D eigenvalue weighted by molar-refractivity contribution is 0.527. The van der Waals surface area contributed by atoms with Gasteiger partial charge >= 0.3 is 5.76 Å². The molecule has 8 heteroatoms. The molecule has 1 N–H and O–H groups in total. The smallest absolute Gasteiger partial charge is 0.408 e. The highest BCUT2D eigenvalue weighted by Crippen LogP contribution is 2.18. The molecular weight excluding hydrogens is 366 g/mol. The third-order valence-electron chi connectivity index (χ3n) is 4.62. The molecule has 0 atom stereocenters. The van der Waals surface area contributed by atoms with Crippen molar-refractivity contribution in [2.75, 3.05) is 6.54 Å². The summed E-state index contributed by atoms with van der Waals surface area (Å²) in [5.74, 6) is -0.522. The number of nitrogens with zero attached hydrogens (tertiary/aromatic N) is 2. The van der Waals surface area contributed by atoms with Gasteiger partial charge < -0.3 is 8.98 Å². The van der Waals surface area contributed by atoms with Crippen LogP contribution < -0.4 is 10.5 Å². The van der Waals surface area contributed by atoms with Crippen molar-refractivity contribution in [3.63, 3.8) is 0 Å². The fraction of sp³-hybridized carbons (Fsp3) is 0.211. The number of sulfonamides is 1. The average molecular weight is 385 g/mol. The number of aromatic nitrogens is 2. The summed E-state index contributed by atoms with van der Waals surface area (Å²) in [5, 5.41) is 1.16. The normalized spacial score (nSPS) is 12.2. The molecule has 0 amide bonds. The van der Waals surface area contributed by atoms with E-state index < -0.39 is 15.8 Å². The lowest BCUT2D eigenvalue weighted by atomic mass is 10.2. The fourth-order valence-electron chi connectivity index (χ4n) is 3.16. The fourth-order valence-corrected chi connectivity index (χ4v) is 4.25. The van der Waals surface area contributed by atoms with Gasteiger partial charge in [-0.1, -0.05) is 18.2 Å². The third kappa shape index (κ3) is 3.29. The van der Waals surface area contributed by atoms with E-state index in [1.165, 1.54) is 16.7 Å². The van der Waals surface area contributed by atoms with Gasteiger partial charge in [0.1, 0.15) is 0 Å². The minimum atomic E-state index is -3.67. The van der Waals surface area contributed by atoms with E-state index in [0.29, 0.717) is 25.0 Å². The van der Waals surface area contributed by atoms with Crippen molar-refractivity contribution < 1.29 is 12.8 Å². The van der Waals surface area contributed by atoms with E-state index in [1.54, 1.807) is 13.1 Å². The Hall–Kier alpha value is -2.84. The molecule has 0 aliphatic heterocycles. The summed E-state index contributed by atoms with van der Waals surface area (Å²) in [7, 11) is -2.09. The molecule has 0 bridgehead atoms. The maximum Gasteiger partial charge on any atom is 0.419 e. The summed E-state index contributed by atoms with van der Waals surface area (Å²) < 4.78 is 36.1. The molecule has 0 aliphatic carbocycles. The van der Waals surface area contributed by atoms with Crippen LogP contribution >= 0.6 is 0 Å². The summed E-state index contributed by atoms with van der Waals surface area (Å²) >= 11 is 0. The first-order chi connectivity index (χ1) is 13.0. The van der Waals surface area contributed by atoms with E-state index in [9.17, 15) is 13.2 Å². The molecule has 0 fully saturated rings. The van der Waals surface area contributed by atoms with Crippen LogP contribution in [-0.4, -0.2) is 24.1 Å². The Morgan fingerprint density at radius 2 is 1.89 bits per heavy atom. The zero-order chi connectivity index (χ0) is 19.0. The molecule has 0 unspecified atom stereocenters. The molecule has 2 aromatic carbocycles. The summed E-state index contributed by atoms with van der Waals surface area (Å²) in [6, 6.07) is 14.5. The first-order valence-corrected chi connectivity index (χ1v) is 10.1. The number of nitrogens with one attached hydrogen (secondary N) is 1. The molecule has 0 spiro atoms. The number of para-hydroxylation sites is 1. The Kier molecular flexibility index (Phi) is 4.37. The Labute approximate surface area is 155 Å². The van der Waals surface area contributed by atoms with Gasteiger partial charge in [0, 0.05) is 37.9 Å². The first-order valence-electron chi connectivity index (χ1n) is 8.59. The van der Waals surface area contributed by atoms with Crippen molar-refractivity contribution in [1.29, 1.82) is 0 Å². The van der Waals surface area contributed by atoms with Crippen LogP contribution in [0.1, 0.15) is 6.42 Å². The van der Waals surface area contributed by atoms with Crippen LogP contribution in [0.2, 0.25) is 0 Å². The van der Waals surface area contributed by atoms with Gasteiger partial charge in [-0.3, -0.25) is 4.57 Å². The predicted octanol–water partition coefficient (Wildman–Crippen LogP) is 2.45. The molecule has 2 heterocycles. The van der Waals surface area contributed by atoms with Crippen LogP contribution in [-0.2, 0) is 23.6 Å². The number of rotatable bonds is 6. The Balaban J connectivity index is 1.43. The van der Waals surface area contributed by atoms with Crippen LogP contribution in [0.25, 0.3) is 22.0 Å². The Morgan fingerprint density at radius 1 is 1.07 bits per heavy atom. The van der Waals surface area contributed by atoms with E-state index in [0.717, 1.165) is 10.9 Å². The van der Waals surface area contributed by atoms with E-state index in [2.05, 4.69) is 9.29 Å². The second-order valence-corrected chi connectivity index (χ2v) is 8.14. The summed E-state index contributed by atoms with van der Waals surface area (Å²) in [6.45, 7) is 1.02. The maximum absolute atomic E-state index is 12.5.